The average Bonchev–Trinajstić information content (AvgIpc) is 3.17. The highest BCUT2D eigenvalue weighted by atomic mass is 35.5. The molecule has 1 N–H and O–H groups in total. The third-order valence-electron chi connectivity index (χ3n) is 5.23. The van der Waals surface area contributed by atoms with Crippen LogP contribution in [0.25, 0.3) is 12.2 Å². The number of carbonyl (C=O) groups is 1. The van der Waals surface area contributed by atoms with E-state index in [0.717, 1.165) is 24.3 Å². The second kappa shape index (κ2) is 10.5. The summed E-state index contributed by atoms with van der Waals surface area (Å²) in [4.78, 5) is 29.9. The Kier molecular flexibility index (Phi) is 7.23. The first-order valence-electron chi connectivity index (χ1n) is 10.6. The molecule has 6 heteroatoms. The summed E-state index contributed by atoms with van der Waals surface area (Å²) in [5.74, 6) is -0.182. The molecule has 3 aromatic carbocycles. The Bertz CT molecular complexity index is 1410. The van der Waals surface area contributed by atoms with Crippen LogP contribution in [0.1, 0.15) is 28.4 Å². The van der Waals surface area contributed by atoms with Gasteiger partial charge in [0.1, 0.15) is 0 Å². The molecular weight excluding hydrogens is 452 g/mol. The number of nitrogens with zero attached hydrogens (tertiary/aromatic N) is 1. The predicted molar refractivity (Wildman–Crippen MR) is 138 cm³/mol. The highest BCUT2D eigenvalue weighted by Gasteiger charge is 2.06. The maximum atomic E-state index is 12.4. The SMILES string of the molecule is CCN(Cc1ccccc1)c1ccc(/C=c2\s/c(=C\C(=O)c3ccc(Cl)cc3)[nH]c2=O)cc1. The van der Waals surface area contributed by atoms with Gasteiger partial charge in [0.2, 0.25) is 0 Å². The Morgan fingerprint density at radius 2 is 1.70 bits per heavy atom. The van der Waals surface area contributed by atoms with Crippen molar-refractivity contribution in [1.82, 2.24) is 4.98 Å². The Balaban J connectivity index is 1.54. The molecule has 0 spiro atoms. The Labute approximate surface area is 201 Å². The summed E-state index contributed by atoms with van der Waals surface area (Å²) in [5.41, 5.74) is 3.62. The fourth-order valence-electron chi connectivity index (χ4n) is 3.46. The number of ketones is 1. The molecular formula is C27H23ClN2O2S. The lowest BCUT2D eigenvalue weighted by Crippen LogP contribution is -2.22. The number of benzene rings is 3. The monoisotopic (exact) mass is 474 g/mol. The summed E-state index contributed by atoms with van der Waals surface area (Å²) in [6.45, 7) is 3.87. The topological polar surface area (TPSA) is 53.2 Å². The van der Waals surface area contributed by atoms with Gasteiger partial charge < -0.3 is 9.88 Å². The van der Waals surface area contributed by atoms with Crippen molar-refractivity contribution in [2.75, 3.05) is 11.4 Å². The minimum atomic E-state index is -0.210. The molecule has 0 aliphatic heterocycles. The summed E-state index contributed by atoms with van der Waals surface area (Å²) < 4.78 is 1.07. The molecule has 0 atom stereocenters. The smallest absolute Gasteiger partial charge is 0.266 e. The lowest BCUT2D eigenvalue weighted by atomic mass is 10.1. The van der Waals surface area contributed by atoms with Gasteiger partial charge in [0, 0.05) is 35.4 Å². The number of halogens is 1. The van der Waals surface area contributed by atoms with Crippen molar-refractivity contribution in [1.29, 1.82) is 0 Å². The van der Waals surface area contributed by atoms with Crippen molar-refractivity contribution in [3.05, 3.63) is 120 Å². The highest BCUT2D eigenvalue weighted by Crippen LogP contribution is 2.18. The van der Waals surface area contributed by atoms with Crippen molar-refractivity contribution in [3.63, 3.8) is 0 Å². The molecule has 166 valence electrons. The van der Waals surface area contributed by atoms with Crippen molar-refractivity contribution >= 4 is 46.6 Å². The number of carbonyl (C=O) groups excluding carboxylic acids is 1. The van der Waals surface area contributed by atoms with Gasteiger partial charge in [-0.05, 0) is 60.5 Å². The molecule has 0 bridgehead atoms. The third-order valence-corrected chi connectivity index (χ3v) is 6.44. The molecule has 0 unspecified atom stereocenters. The lowest BCUT2D eigenvalue weighted by molar-refractivity contribution is 0.106. The number of anilines is 1. The van der Waals surface area contributed by atoms with Gasteiger partial charge in [0.25, 0.3) is 5.56 Å². The van der Waals surface area contributed by atoms with Crippen LogP contribution in [0.4, 0.5) is 5.69 Å². The first kappa shape index (κ1) is 22.8. The third kappa shape index (κ3) is 5.89. The van der Waals surface area contributed by atoms with Gasteiger partial charge in [0.15, 0.2) is 5.78 Å². The minimum Gasteiger partial charge on any atom is -0.367 e. The molecule has 0 aliphatic rings. The number of hydrogen-bond acceptors (Lipinski definition) is 4. The zero-order chi connectivity index (χ0) is 23.2. The van der Waals surface area contributed by atoms with Gasteiger partial charge in [-0.3, -0.25) is 9.59 Å². The molecule has 0 saturated carbocycles. The minimum absolute atomic E-state index is 0.182. The van der Waals surface area contributed by atoms with Crippen molar-refractivity contribution in [3.8, 4) is 0 Å². The maximum absolute atomic E-state index is 12.4. The van der Waals surface area contributed by atoms with Gasteiger partial charge in [-0.2, -0.15) is 0 Å². The summed E-state index contributed by atoms with van der Waals surface area (Å²) in [6, 6.07) is 25.2. The van der Waals surface area contributed by atoms with Crippen LogP contribution < -0.4 is 19.7 Å². The van der Waals surface area contributed by atoms with Crippen molar-refractivity contribution in [2.45, 2.75) is 13.5 Å². The van der Waals surface area contributed by atoms with Crippen LogP contribution >= 0.6 is 22.9 Å². The molecule has 0 amide bonds. The molecule has 4 nitrogen and oxygen atoms in total. The molecule has 4 rings (SSSR count). The molecule has 0 fully saturated rings. The van der Waals surface area contributed by atoms with E-state index < -0.39 is 0 Å². The van der Waals surface area contributed by atoms with Crippen LogP contribution in [0.5, 0.6) is 0 Å². The first-order chi connectivity index (χ1) is 16.0. The lowest BCUT2D eigenvalue weighted by Gasteiger charge is -2.23. The number of nitrogens with one attached hydrogen (secondary N) is 1. The van der Waals surface area contributed by atoms with E-state index in [2.05, 4.69) is 53.2 Å². The van der Waals surface area contributed by atoms with Crippen LogP contribution in [-0.4, -0.2) is 17.3 Å². The summed E-state index contributed by atoms with van der Waals surface area (Å²) in [5, 5.41) is 0.570. The average molecular weight is 475 g/mol. The summed E-state index contributed by atoms with van der Waals surface area (Å²) in [6.07, 6.45) is 3.28. The van der Waals surface area contributed by atoms with E-state index in [4.69, 9.17) is 11.6 Å². The number of H-pyrrole nitrogens is 1. The van der Waals surface area contributed by atoms with E-state index in [1.165, 1.54) is 23.0 Å². The maximum Gasteiger partial charge on any atom is 0.266 e. The number of aromatic nitrogens is 1. The molecule has 0 aliphatic carbocycles. The molecule has 1 aromatic heterocycles. The number of aromatic amines is 1. The molecule has 0 saturated heterocycles. The van der Waals surface area contributed by atoms with E-state index in [9.17, 15) is 9.59 Å². The molecule has 1 heterocycles. The Morgan fingerprint density at radius 1 is 1.00 bits per heavy atom. The van der Waals surface area contributed by atoms with Crippen LogP contribution in [0.2, 0.25) is 5.02 Å². The van der Waals surface area contributed by atoms with Crippen molar-refractivity contribution < 1.29 is 4.79 Å². The van der Waals surface area contributed by atoms with Gasteiger partial charge in [0.05, 0.1) is 9.20 Å². The van der Waals surface area contributed by atoms with Crippen LogP contribution in [-0.2, 0) is 6.54 Å². The van der Waals surface area contributed by atoms with Crippen LogP contribution in [0.15, 0.2) is 83.7 Å². The van der Waals surface area contributed by atoms with Gasteiger partial charge in [-0.15, -0.1) is 11.3 Å². The zero-order valence-corrected chi connectivity index (χ0v) is 19.7. The summed E-state index contributed by atoms with van der Waals surface area (Å²) in [7, 11) is 0. The molecule has 33 heavy (non-hydrogen) atoms. The number of Topliss-reactive ketones (excluding diaryl/α,β-unsaturated/α-hetero) is 1. The summed E-state index contributed by atoms with van der Waals surface area (Å²) >= 11 is 7.14. The van der Waals surface area contributed by atoms with Crippen molar-refractivity contribution in [2.24, 2.45) is 0 Å². The van der Waals surface area contributed by atoms with E-state index in [-0.39, 0.29) is 11.3 Å². The van der Waals surface area contributed by atoms with E-state index in [0.29, 0.717) is 19.8 Å². The van der Waals surface area contributed by atoms with Gasteiger partial charge >= 0.3 is 0 Å². The highest BCUT2D eigenvalue weighted by molar-refractivity contribution is 7.07. The van der Waals surface area contributed by atoms with Crippen LogP contribution in [0.3, 0.4) is 0 Å². The number of hydrogen-bond donors (Lipinski definition) is 1. The second-order valence-corrected chi connectivity index (χ2v) is 9.06. The number of rotatable bonds is 7. The Hall–Kier alpha value is -3.41. The quantitative estimate of drug-likeness (QED) is 0.398. The largest absolute Gasteiger partial charge is 0.367 e. The van der Waals surface area contributed by atoms with Gasteiger partial charge in [-0.25, -0.2) is 0 Å². The van der Waals surface area contributed by atoms with E-state index in [1.54, 1.807) is 24.3 Å². The number of thiazole rings is 1. The van der Waals surface area contributed by atoms with Crippen LogP contribution in [0, 0.1) is 0 Å². The fraction of sp³-hybridized carbons (Fsp3) is 0.111. The standard InChI is InChI=1S/C27H23ClN2O2S/c1-2-30(18-20-6-4-3-5-7-20)23-14-8-19(9-15-23)16-25-27(32)29-26(33-25)17-24(31)21-10-12-22(28)13-11-21/h3-17H,2,18H2,1H3,(H,29,32)/b25-16-,26-17-. The van der Waals surface area contributed by atoms with E-state index in [1.807, 2.05) is 24.3 Å². The zero-order valence-electron chi connectivity index (χ0n) is 18.1. The van der Waals surface area contributed by atoms with Gasteiger partial charge in [-0.1, -0.05) is 54.1 Å². The first-order valence-corrected chi connectivity index (χ1v) is 11.8. The molecule has 0 radical (unpaired) electrons. The predicted octanol–water partition coefficient (Wildman–Crippen LogP) is 4.61. The second-order valence-electron chi connectivity index (χ2n) is 7.54. The normalized spacial score (nSPS) is 12.2. The fourth-order valence-corrected chi connectivity index (χ4v) is 4.47. The Morgan fingerprint density at radius 3 is 2.36 bits per heavy atom. The molecule has 4 aromatic rings. The van der Waals surface area contributed by atoms with E-state index >= 15 is 0 Å².